The van der Waals surface area contributed by atoms with Gasteiger partial charge in [-0.25, -0.2) is 0 Å². The smallest absolute Gasteiger partial charge is 0.295 e. The standard InChI is InChI=1S/C29H36N2O5/c1-5-30(6-2)15-8-16-31-26(20-9-12-23(13-10-20)35-7-3)25(28(33)29(31)34)27(32)21-11-14-24-22(18-21)17-19(4)36-24/h9-14,18-19,26,32H,5-8,15-17H2,1-4H3/t19-,26+/m1/s1. The van der Waals surface area contributed by atoms with Gasteiger partial charge in [-0.15, -0.1) is 0 Å². The van der Waals surface area contributed by atoms with Crippen LogP contribution in [0.2, 0.25) is 0 Å². The van der Waals surface area contributed by atoms with Gasteiger partial charge >= 0.3 is 0 Å². The Morgan fingerprint density at radius 1 is 1.11 bits per heavy atom. The number of carbonyl (C=O) groups is 2. The van der Waals surface area contributed by atoms with E-state index in [2.05, 4.69) is 18.7 Å². The van der Waals surface area contributed by atoms with E-state index in [1.165, 1.54) is 0 Å². The minimum Gasteiger partial charge on any atom is -0.507 e. The van der Waals surface area contributed by atoms with Crippen molar-refractivity contribution in [1.29, 1.82) is 0 Å². The normalized spacial score (nSPS) is 20.6. The number of amides is 1. The molecule has 1 saturated heterocycles. The van der Waals surface area contributed by atoms with Gasteiger partial charge in [-0.05, 0) is 81.4 Å². The van der Waals surface area contributed by atoms with Gasteiger partial charge in [-0.2, -0.15) is 0 Å². The lowest BCUT2D eigenvalue weighted by molar-refractivity contribution is -0.140. The SMILES string of the molecule is CCOc1ccc([C@H]2C(=C(O)c3ccc4c(c3)C[C@@H](C)O4)C(=O)C(=O)N2CCCN(CC)CC)cc1. The Bertz CT molecular complexity index is 1140. The zero-order chi connectivity index (χ0) is 25.8. The van der Waals surface area contributed by atoms with Crippen molar-refractivity contribution in [3.05, 3.63) is 64.7 Å². The third-order valence-electron chi connectivity index (χ3n) is 6.98. The van der Waals surface area contributed by atoms with Crippen molar-refractivity contribution in [2.45, 2.75) is 52.7 Å². The molecule has 2 atom stereocenters. The van der Waals surface area contributed by atoms with Gasteiger partial charge in [-0.3, -0.25) is 9.59 Å². The number of fused-ring (bicyclic) bond motifs is 1. The minimum atomic E-state index is -0.666. The highest BCUT2D eigenvalue weighted by Gasteiger charge is 2.46. The van der Waals surface area contributed by atoms with Crippen molar-refractivity contribution in [3.8, 4) is 11.5 Å². The highest BCUT2D eigenvalue weighted by atomic mass is 16.5. The van der Waals surface area contributed by atoms with Crippen LogP contribution in [0, 0.1) is 0 Å². The van der Waals surface area contributed by atoms with Gasteiger partial charge in [0.1, 0.15) is 23.4 Å². The molecule has 2 heterocycles. The van der Waals surface area contributed by atoms with Gasteiger partial charge in [0.25, 0.3) is 11.7 Å². The Labute approximate surface area is 213 Å². The summed E-state index contributed by atoms with van der Waals surface area (Å²) in [5, 5.41) is 11.4. The molecule has 2 aliphatic heterocycles. The maximum Gasteiger partial charge on any atom is 0.295 e. The molecule has 2 aliphatic rings. The van der Waals surface area contributed by atoms with E-state index < -0.39 is 17.7 Å². The molecule has 192 valence electrons. The van der Waals surface area contributed by atoms with Gasteiger partial charge in [0, 0.05) is 18.5 Å². The van der Waals surface area contributed by atoms with Gasteiger partial charge < -0.3 is 24.4 Å². The van der Waals surface area contributed by atoms with Crippen LogP contribution in [-0.2, 0) is 16.0 Å². The quantitative estimate of drug-likeness (QED) is 0.298. The summed E-state index contributed by atoms with van der Waals surface area (Å²) in [7, 11) is 0. The maximum absolute atomic E-state index is 13.3. The van der Waals surface area contributed by atoms with E-state index in [-0.39, 0.29) is 17.4 Å². The number of aliphatic hydroxyl groups excluding tert-OH is 1. The lowest BCUT2D eigenvalue weighted by atomic mass is 9.94. The molecule has 4 rings (SSSR count). The number of rotatable bonds is 10. The number of Topliss-reactive ketones (excluding diaryl/α,β-unsaturated/α-hetero) is 1. The lowest BCUT2D eigenvalue weighted by Gasteiger charge is -2.27. The Morgan fingerprint density at radius 3 is 2.50 bits per heavy atom. The molecule has 0 aliphatic carbocycles. The fourth-order valence-electron chi connectivity index (χ4n) is 5.10. The zero-order valence-electron chi connectivity index (χ0n) is 21.6. The molecule has 0 unspecified atom stereocenters. The van der Waals surface area contributed by atoms with Gasteiger partial charge in [0.05, 0.1) is 18.2 Å². The van der Waals surface area contributed by atoms with Crippen LogP contribution in [0.3, 0.4) is 0 Å². The Kier molecular flexibility index (Phi) is 7.99. The predicted molar refractivity (Wildman–Crippen MR) is 139 cm³/mol. The molecule has 0 aromatic heterocycles. The van der Waals surface area contributed by atoms with Crippen LogP contribution in [-0.4, -0.2) is 65.5 Å². The molecule has 0 bridgehead atoms. The molecule has 7 nitrogen and oxygen atoms in total. The topological polar surface area (TPSA) is 79.3 Å². The number of benzene rings is 2. The zero-order valence-corrected chi connectivity index (χ0v) is 21.6. The maximum atomic E-state index is 13.3. The van der Waals surface area contributed by atoms with Crippen molar-refractivity contribution >= 4 is 17.4 Å². The molecule has 0 radical (unpaired) electrons. The number of aliphatic hydroxyl groups is 1. The molecule has 0 spiro atoms. The first kappa shape index (κ1) is 25.8. The summed E-state index contributed by atoms with van der Waals surface area (Å²) in [6, 6.07) is 12.2. The number of hydrogen-bond donors (Lipinski definition) is 1. The monoisotopic (exact) mass is 492 g/mol. The molecule has 1 amide bonds. The molecule has 2 aromatic rings. The second-order valence-electron chi connectivity index (χ2n) is 9.33. The first-order valence-electron chi connectivity index (χ1n) is 12.9. The Balaban J connectivity index is 1.72. The van der Waals surface area contributed by atoms with Crippen LogP contribution in [0.4, 0.5) is 0 Å². The highest BCUT2D eigenvalue weighted by molar-refractivity contribution is 6.46. The van der Waals surface area contributed by atoms with Crippen molar-refractivity contribution < 1.29 is 24.2 Å². The van der Waals surface area contributed by atoms with E-state index in [1.807, 2.05) is 50.2 Å². The molecule has 1 fully saturated rings. The molecule has 7 heteroatoms. The second-order valence-corrected chi connectivity index (χ2v) is 9.33. The second kappa shape index (κ2) is 11.2. The number of ether oxygens (including phenoxy) is 2. The van der Waals surface area contributed by atoms with Crippen LogP contribution < -0.4 is 9.47 Å². The molecular formula is C29H36N2O5. The minimum absolute atomic E-state index is 0.0673. The van der Waals surface area contributed by atoms with Crippen molar-refractivity contribution in [2.24, 2.45) is 0 Å². The van der Waals surface area contributed by atoms with Crippen molar-refractivity contribution in [2.75, 3.05) is 32.8 Å². The van der Waals surface area contributed by atoms with Crippen molar-refractivity contribution in [3.63, 3.8) is 0 Å². The van der Waals surface area contributed by atoms with E-state index in [0.717, 1.165) is 49.4 Å². The van der Waals surface area contributed by atoms with Crippen LogP contribution in [0.5, 0.6) is 11.5 Å². The fourth-order valence-corrected chi connectivity index (χ4v) is 5.10. The van der Waals surface area contributed by atoms with E-state index in [1.54, 1.807) is 11.0 Å². The summed E-state index contributed by atoms with van der Waals surface area (Å²) in [5.41, 5.74) is 2.39. The number of hydrogen-bond acceptors (Lipinski definition) is 6. The van der Waals surface area contributed by atoms with E-state index >= 15 is 0 Å². The summed E-state index contributed by atoms with van der Waals surface area (Å²) < 4.78 is 11.4. The van der Waals surface area contributed by atoms with Crippen LogP contribution in [0.15, 0.2) is 48.0 Å². The number of ketones is 1. The number of nitrogens with zero attached hydrogens (tertiary/aromatic N) is 2. The van der Waals surface area contributed by atoms with Gasteiger partial charge in [0.2, 0.25) is 0 Å². The summed E-state index contributed by atoms with van der Waals surface area (Å²) in [6.07, 6.45) is 1.53. The average Bonchev–Trinajstić information content (AvgIpc) is 3.37. The van der Waals surface area contributed by atoms with E-state index in [4.69, 9.17) is 9.47 Å². The molecular weight excluding hydrogens is 456 g/mol. The molecule has 36 heavy (non-hydrogen) atoms. The summed E-state index contributed by atoms with van der Waals surface area (Å²) in [4.78, 5) is 30.4. The average molecular weight is 493 g/mol. The first-order valence-corrected chi connectivity index (χ1v) is 12.9. The highest BCUT2D eigenvalue weighted by Crippen LogP contribution is 2.41. The third kappa shape index (κ3) is 5.12. The first-order chi connectivity index (χ1) is 17.4. The Hall–Kier alpha value is -3.32. The lowest BCUT2D eigenvalue weighted by Crippen LogP contribution is -2.33. The summed E-state index contributed by atoms with van der Waals surface area (Å²) in [6.45, 7) is 11.8. The summed E-state index contributed by atoms with van der Waals surface area (Å²) >= 11 is 0. The number of likely N-dealkylation sites (tertiary alicyclic amines) is 1. The number of carbonyl (C=O) groups excluding carboxylic acids is 2. The summed E-state index contributed by atoms with van der Waals surface area (Å²) in [5.74, 6) is 0.125. The predicted octanol–water partition coefficient (Wildman–Crippen LogP) is 4.56. The fraction of sp³-hybridized carbons (Fsp3) is 0.448. The van der Waals surface area contributed by atoms with Crippen LogP contribution in [0.1, 0.15) is 56.8 Å². The van der Waals surface area contributed by atoms with Gasteiger partial charge in [0.15, 0.2) is 0 Å². The van der Waals surface area contributed by atoms with Crippen molar-refractivity contribution in [1.82, 2.24) is 9.80 Å². The van der Waals surface area contributed by atoms with Gasteiger partial charge in [-0.1, -0.05) is 26.0 Å². The van der Waals surface area contributed by atoms with Crippen LogP contribution >= 0.6 is 0 Å². The molecule has 0 saturated carbocycles. The largest absolute Gasteiger partial charge is 0.507 e. The third-order valence-corrected chi connectivity index (χ3v) is 6.98. The molecule has 2 aromatic carbocycles. The molecule has 1 N–H and O–H groups in total. The Morgan fingerprint density at radius 2 is 1.83 bits per heavy atom. The van der Waals surface area contributed by atoms with E-state index in [0.29, 0.717) is 24.5 Å². The van der Waals surface area contributed by atoms with Crippen LogP contribution in [0.25, 0.3) is 5.76 Å². The van der Waals surface area contributed by atoms with E-state index in [9.17, 15) is 14.7 Å².